The van der Waals surface area contributed by atoms with Gasteiger partial charge in [0.15, 0.2) is 18.1 Å². The molecule has 2 aromatic carbocycles. The molecule has 0 fully saturated rings. The summed E-state index contributed by atoms with van der Waals surface area (Å²) >= 11 is 5.22. The molecule has 0 saturated heterocycles. The lowest BCUT2D eigenvalue weighted by atomic mass is 10.2. The Hall–Kier alpha value is -2.63. The first kappa shape index (κ1) is 25.0. The number of carbonyl (C=O) groups excluding carboxylic acids is 1. The fourth-order valence-electron chi connectivity index (χ4n) is 2.89. The number of benzene rings is 2. The lowest BCUT2D eigenvalue weighted by Crippen LogP contribution is -2.20. The Morgan fingerprint density at radius 1 is 1.21 bits per heavy atom. The number of anilines is 1. The van der Waals surface area contributed by atoms with E-state index in [1.54, 1.807) is 23.6 Å². The largest absolute Gasteiger partial charge is 0.493 e. The Balaban J connectivity index is 1.45. The van der Waals surface area contributed by atoms with Gasteiger partial charge in [0, 0.05) is 29.5 Å². The normalized spacial score (nSPS) is 10.8. The lowest BCUT2D eigenvalue weighted by molar-refractivity contribution is -0.118. The van der Waals surface area contributed by atoms with E-state index < -0.39 is 0 Å². The van der Waals surface area contributed by atoms with Gasteiger partial charge in [0.25, 0.3) is 5.91 Å². The summed E-state index contributed by atoms with van der Waals surface area (Å²) in [6.45, 7) is 3.40. The molecule has 9 nitrogen and oxygen atoms in total. The van der Waals surface area contributed by atoms with Gasteiger partial charge in [-0.2, -0.15) is 0 Å². The number of carbonyl (C=O) groups is 1. The summed E-state index contributed by atoms with van der Waals surface area (Å²) in [5, 5.41) is 18.5. The number of hydrogen-bond donors (Lipinski definition) is 2. The zero-order chi connectivity index (χ0) is 23.6. The highest BCUT2D eigenvalue weighted by Gasteiger charge is 2.12. The Morgan fingerprint density at radius 3 is 2.70 bits per heavy atom. The summed E-state index contributed by atoms with van der Waals surface area (Å²) < 4.78 is 13.7. The minimum atomic E-state index is -0.238. The van der Waals surface area contributed by atoms with Gasteiger partial charge < -0.3 is 20.1 Å². The molecule has 3 rings (SSSR count). The number of tetrazole rings is 1. The Labute approximate surface area is 205 Å². The van der Waals surface area contributed by atoms with Crippen molar-refractivity contribution in [3.63, 3.8) is 0 Å². The van der Waals surface area contributed by atoms with Crippen molar-refractivity contribution in [2.24, 2.45) is 7.05 Å². The molecule has 2 N–H and O–H groups in total. The van der Waals surface area contributed by atoms with Gasteiger partial charge in [-0.05, 0) is 60.1 Å². The molecule has 0 aliphatic heterocycles. The molecule has 1 heterocycles. The molecule has 11 heteroatoms. The van der Waals surface area contributed by atoms with Crippen LogP contribution < -0.4 is 20.1 Å². The molecule has 0 aliphatic carbocycles. The molecule has 176 valence electrons. The number of nitrogens with one attached hydrogen (secondary N) is 2. The lowest BCUT2D eigenvalue weighted by Gasteiger charge is -2.14. The first-order chi connectivity index (χ1) is 16.0. The number of nitrogens with zero attached hydrogens (tertiary/aromatic N) is 4. The topological polar surface area (TPSA) is 103 Å². The van der Waals surface area contributed by atoms with E-state index in [0.717, 1.165) is 45.2 Å². The highest BCUT2D eigenvalue weighted by Crippen LogP contribution is 2.33. The van der Waals surface area contributed by atoms with Crippen LogP contribution >= 0.6 is 27.7 Å². The number of thioether (sulfide) groups is 1. The zero-order valence-corrected chi connectivity index (χ0v) is 21.2. The molecule has 0 radical (unpaired) electrons. The molecule has 0 spiro atoms. The van der Waals surface area contributed by atoms with Gasteiger partial charge >= 0.3 is 0 Å². The van der Waals surface area contributed by atoms with E-state index in [1.165, 1.54) is 0 Å². The number of aryl methyl sites for hydroxylation is 2. The number of ether oxygens (including phenoxy) is 2. The van der Waals surface area contributed by atoms with Crippen LogP contribution in [-0.4, -0.2) is 52.1 Å². The summed E-state index contributed by atoms with van der Waals surface area (Å²) in [6.07, 6.45) is 0.976. The van der Waals surface area contributed by atoms with Crippen molar-refractivity contribution in [1.82, 2.24) is 25.5 Å². The molecular weight excluding hydrogens is 508 g/mol. The molecule has 0 aliphatic rings. The smallest absolute Gasteiger partial charge is 0.262 e. The maximum absolute atomic E-state index is 12.2. The molecule has 0 saturated carbocycles. The first-order valence-electron chi connectivity index (χ1n) is 10.4. The molecule has 1 amide bonds. The van der Waals surface area contributed by atoms with E-state index >= 15 is 0 Å². The van der Waals surface area contributed by atoms with Crippen LogP contribution in [0, 0.1) is 6.92 Å². The minimum absolute atomic E-state index is 0.118. The predicted molar refractivity (Wildman–Crippen MR) is 132 cm³/mol. The van der Waals surface area contributed by atoms with E-state index in [1.807, 2.05) is 50.4 Å². The van der Waals surface area contributed by atoms with Crippen LogP contribution in [-0.2, 0) is 18.4 Å². The Bertz CT molecular complexity index is 1060. The molecular formula is C22H27BrN6O3S. The quantitative estimate of drug-likeness (QED) is 0.268. The maximum Gasteiger partial charge on any atom is 0.262 e. The van der Waals surface area contributed by atoms with Crippen molar-refractivity contribution in [3.05, 3.63) is 52.0 Å². The van der Waals surface area contributed by atoms with E-state index in [-0.39, 0.29) is 12.5 Å². The number of rotatable bonds is 12. The van der Waals surface area contributed by atoms with Crippen LogP contribution in [0.2, 0.25) is 0 Å². The van der Waals surface area contributed by atoms with Crippen LogP contribution in [0.1, 0.15) is 17.5 Å². The van der Waals surface area contributed by atoms with Crippen LogP contribution in [0.25, 0.3) is 0 Å². The Kier molecular flexibility index (Phi) is 9.52. The number of amides is 1. The van der Waals surface area contributed by atoms with E-state index in [4.69, 9.17) is 9.47 Å². The summed E-state index contributed by atoms with van der Waals surface area (Å²) in [4.78, 5) is 12.2. The molecule has 0 atom stereocenters. The van der Waals surface area contributed by atoms with Crippen molar-refractivity contribution in [2.45, 2.75) is 25.0 Å². The third-order valence-corrected chi connectivity index (χ3v) is 6.49. The number of hydrogen-bond acceptors (Lipinski definition) is 8. The van der Waals surface area contributed by atoms with Crippen molar-refractivity contribution in [1.29, 1.82) is 0 Å². The van der Waals surface area contributed by atoms with Gasteiger partial charge in [-0.25, -0.2) is 4.68 Å². The molecule has 1 aromatic heterocycles. The van der Waals surface area contributed by atoms with Crippen molar-refractivity contribution in [2.75, 3.05) is 31.3 Å². The van der Waals surface area contributed by atoms with Crippen LogP contribution in [0.3, 0.4) is 0 Å². The van der Waals surface area contributed by atoms with E-state index in [0.29, 0.717) is 18.0 Å². The molecule has 0 bridgehead atoms. The first-order valence-corrected chi connectivity index (χ1v) is 12.2. The highest BCUT2D eigenvalue weighted by atomic mass is 79.9. The number of halogens is 1. The summed E-state index contributed by atoms with van der Waals surface area (Å²) in [7, 11) is 3.41. The third-order valence-electron chi connectivity index (χ3n) is 4.65. The average molecular weight is 535 g/mol. The summed E-state index contributed by atoms with van der Waals surface area (Å²) in [5.74, 6) is 1.76. The summed E-state index contributed by atoms with van der Waals surface area (Å²) in [5.41, 5.74) is 2.90. The maximum atomic E-state index is 12.2. The monoisotopic (exact) mass is 534 g/mol. The second kappa shape index (κ2) is 12.6. The molecule has 0 unspecified atom stereocenters. The van der Waals surface area contributed by atoms with Gasteiger partial charge in [-0.15, -0.1) is 5.10 Å². The highest BCUT2D eigenvalue weighted by molar-refractivity contribution is 9.10. The van der Waals surface area contributed by atoms with E-state index in [2.05, 4.69) is 42.1 Å². The SMILES string of the molecule is COc1cc(CNCCCSc2nnnn2C)c(Br)cc1OCC(=O)Nc1ccc(C)cc1. The second-order valence-electron chi connectivity index (χ2n) is 7.26. The number of aromatic nitrogens is 4. The predicted octanol–water partition coefficient (Wildman–Crippen LogP) is 3.58. The van der Waals surface area contributed by atoms with Crippen LogP contribution in [0.5, 0.6) is 11.5 Å². The van der Waals surface area contributed by atoms with Crippen molar-refractivity contribution < 1.29 is 14.3 Å². The average Bonchev–Trinajstić information content (AvgIpc) is 3.21. The van der Waals surface area contributed by atoms with Gasteiger partial charge in [0.2, 0.25) is 5.16 Å². The standard InChI is InChI=1S/C22H27BrN6O3S/c1-15-5-7-17(8-6-15)25-21(30)14-32-20-12-18(23)16(11-19(20)31-3)13-24-9-4-10-33-22-26-27-28-29(22)2/h5-8,11-12,24H,4,9-10,13-14H2,1-3H3,(H,25,30). The van der Waals surface area contributed by atoms with Crippen molar-refractivity contribution >= 4 is 39.3 Å². The molecule has 33 heavy (non-hydrogen) atoms. The van der Waals surface area contributed by atoms with E-state index in [9.17, 15) is 4.79 Å². The van der Waals surface area contributed by atoms with Gasteiger partial charge in [0.1, 0.15) is 0 Å². The van der Waals surface area contributed by atoms with Gasteiger partial charge in [-0.3, -0.25) is 4.79 Å². The van der Waals surface area contributed by atoms with Gasteiger partial charge in [0.05, 0.1) is 7.11 Å². The van der Waals surface area contributed by atoms with Crippen molar-refractivity contribution in [3.8, 4) is 11.5 Å². The fraction of sp³-hybridized carbons (Fsp3) is 0.364. The second-order valence-corrected chi connectivity index (χ2v) is 9.18. The summed E-state index contributed by atoms with van der Waals surface area (Å²) in [6, 6.07) is 11.3. The van der Waals surface area contributed by atoms with Crippen LogP contribution in [0.4, 0.5) is 5.69 Å². The fourth-order valence-corrected chi connectivity index (χ4v) is 4.14. The molecule has 3 aromatic rings. The van der Waals surface area contributed by atoms with Gasteiger partial charge in [-0.1, -0.05) is 45.4 Å². The Morgan fingerprint density at radius 2 is 2.00 bits per heavy atom. The third kappa shape index (κ3) is 7.72. The minimum Gasteiger partial charge on any atom is -0.493 e. The van der Waals surface area contributed by atoms with Crippen LogP contribution in [0.15, 0.2) is 46.0 Å². The zero-order valence-electron chi connectivity index (χ0n) is 18.8. The number of methoxy groups -OCH3 is 1.